The zero-order valence-electron chi connectivity index (χ0n) is 11.8. The number of nitrogens with zero attached hydrogens (tertiary/aromatic N) is 1. The molecule has 4 atom stereocenters. The molecule has 0 aromatic carbocycles. The van der Waals surface area contributed by atoms with Crippen molar-refractivity contribution in [2.75, 3.05) is 0 Å². The van der Waals surface area contributed by atoms with Crippen LogP contribution in [-0.2, 0) is 5.54 Å². The molecule has 0 spiro atoms. The van der Waals surface area contributed by atoms with Gasteiger partial charge in [0, 0.05) is 29.4 Å². The fraction of sp³-hybridized carbons (Fsp3) is 0.667. The third kappa shape index (κ3) is 2.17. The lowest BCUT2D eigenvalue weighted by atomic mass is 9.69. The molecule has 18 heavy (non-hydrogen) atoms. The van der Waals surface area contributed by atoms with Crippen LogP contribution >= 0.6 is 0 Å². The van der Waals surface area contributed by atoms with E-state index in [0.29, 0.717) is 0 Å². The van der Waals surface area contributed by atoms with E-state index in [1.165, 1.54) is 0 Å². The Morgan fingerprint density at radius 1 is 1.50 bits per heavy atom. The van der Waals surface area contributed by atoms with Crippen LogP contribution in [0.4, 0.5) is 0 Å². The normalized spacial score (nSPS) is 40.7. The van der Waals surface area contributed by atoms with Gasteiger partial charge in [-0.25, -0.2) is 0 Å². The molecule has 0 saturated carbocycles. The molecular formula is C15H24N2O. The van der Waals surface area contributed by atoms with Crippen LogP contribution in [0.5, 0.6) is 0 Å². The smallest absolute Gasteiger partial charge is 0.0604 e. The highest BCUT2D eigenvalue weighted by atomic mass is 16.3. The number of rotatable bonds is 2. The average molecular weight is 248 g/mol. The lowest BCUT2D eigenvalue weighted by Gasteiger charge is -2.52. The van der Waals surface area contributed by atoms with Gasteiger partial charge >= 0.3 is 0 Å². The predicted octanol–water partition coefficient (Wildman–Crippen LogP) is 2.46. The molecule has 2 heterocycles. The van der Waals surface area contributed by atoms with Gasteiger partial charge in [-0.15, -0.1) is 0 Å². The molecule has 0 bridgehead atoms. The van der Waals surface area contributed by atoms with Crippen molar-refractivity contribution in [2.45, 2.75) is 57.7 Å². The Hall–Kier alpha value is -0.930. The summed E-state index contributed by atoms with van der Waals surface area (Å²) in [6, 6.07) is 4.05. The maximum atomic E-state index is 10.4. The van der Waals surface area contributed by atoms with Gasteiger partial charge in [0.15, 0.2) is 0 Å². The standard InChI is InChI=1S/C15H24N2O/c1-5-14(3)9-13(18)11(2)15(4,17-14)12-7-6-8-16-10-12/h6-8,10-11,13,17-18H,5,9H2,1-4H3. The second kappa shape index (κ2) is 4.63. The van der Waals surface area contributed by atoms with E-state index >= 15 is 0 Å². The molecule has 2 N–H and O–H groups in total. The van der Waals surface area contributed by atoms with Crippen molar-refractivity contribution in [3.8, 4) is 0 Å². The molecule has 1 aliphatic heterocycles. The summed E-state index contributed by atoms with van der Waals surface area (Å²) in [5.74, 6) is 0.168. The first kappa shape index (κ1) is 13.5. The van der Waals surface area contributed by atoms with Crippen LogP contribution in [0.2, 0.25) is 0 Å². The number of pyridine rings is 1. The first-order valence-corrected chi connectivity index (χ1v) is 6.79. The summed E-state index contributed by atoms with van der Waals surface area (Å²) in [7, 11) is 0. The van der Waals surface area contributed by atoms with Crippen LogP contribution in [0.15, 0.2) is 24.5 Å². The van der Waals surface area contributed by atoms with Crippen molar-refractivity contribution in [2.24, 2.45) is 5.92 Å². The number of aliphatic hydroxyl groups is 1. The second-order valence-electron chi connectivity index (χ2n) is 6.04. The van der Waals surface area contributed by atoms with Gasteiger partial charge in [-0.1, -0.05) is 19.9 Å². The quantitative estimate of drug-likeness (QED) is 0.845. The molecule has 2 rings (SSSR count). The van der Waals surface area contributed by atoms with E-state index in [4.69, 9.17) is 0 Å². The van der Waals surface area contributed by atoms with Gasteiger partial charge in [0.25, 0.3) is 0 Å². The van der Waals surface area contributed by atoms with Crippen molar-refractivity contribution in [3.05, 3.63) is 30.1 Å². The van der Waals surface area contributed by atoms with Crippen LogP contribution in [0.3, 0.4) is 0 Å². The third-order valence-corrected chi connectivity index (χ3v) is 4.75. The van der Waals surface area contributed by atoms with E-state index < -0.39 is 0 Å². The van der Waals surface area contributed by atoms with Crippen LogP contribution in [0.1, 0.15) is 46.1 Å². The van der Waals surface area contributed by atoms with Crippen molar-refractivity contribution >= 4 is 0 Å². The largest absolute Gasteiger partial charge is 0.393 e. The molecule has 0 aliphatic carbocycles. The topological polar surface area (TPSA) is 45.2 Å². The van der Waals surface area contributed by atoms with Gasteiger partial charge in [0.1, 0.15) is 0 Å². The monoisotopic (exact) mass is 248 g/mol. The van der Waals surface area contributed by atoms with Gasteiger partial charge in [-0.3, -0.25) is 4.98 Å². The number of nitrogens with one attached hydrogen (secondary N) is 1. The fourth-order valence-electron chi connectivity index (χ4n) is 3.05. The molecule has 4 unspecified atom stereocenters. The number of aliphatic hydroxyl groups excluding tert-OH is 1. The highest BCUT2D eigenvalue weighted by Gasteiger charge is 2.47. The Labute approximate surface area is 110 Å². The Morgan fingerprint density at radius 3 is 2.78 bits per heavy atom. The second-order valence-corrected chi connectivity index (χ2v) is 6.04. The van der Waals surface area contributed by atoms with Gasteiger partial charge in [-0.2, -0.15) is 0 Å². The molecule has 1 fully saturated rings. The van der Waals surface area contributed by atoms with Crippen molar-refractivity contribution < 1.29 is 5.11 Å². The summed E-state index contributed by atoms with van der Waals surface area (Å²) in [4.78, 5) is 4.22. The molecule has 1 aromatic heterocycles. The molecule has 1 aromatic rings. The number of hydrogen-bond donors (Lipinski definition) is 2. The van der Waals surface area contributed by atoms with Gasteiger partial charge in [-0.05, 0) is 38.3 Å². The van der Waals surface area contributed by atoms with E-state index in [1.54, 1.807) is 6.20 Å². The van der Waals surface area contributed by atoms with E-state index in [1.807, 2.05) is 12.3 Å². The minimum absolute atomic E-state index is 0.0173. The Balaban J connectivity index is 2.40. The highest BCUT2D eigenvalue weighted by molar-refractivity contribution is 5.24. The van der Waals surface area contributed by atoms with Gasteiger partial charge in [0.2, 0.25) is 0 Å². The van der Waals surface area contributed by atoms with E-state index in [0.717, 1.165) is 18.4 Å². The van der Waals surface area contributed by atoms with E-state index in [-0.39, 0.29) is 23.1 Å². The van der Waals surface area contributed by atoms with Gasteiger partial charge in [0.05, 0.1) is 6.10 Å². The molecule has 3 heteroatoms. The summed E-state index contributed by atoms with van der Waals surface area (Å²) in [5, 5.41) is 14.1. The lowest BCUT2D eigenvalue weighted by Crippen LogP contribution is -2.64. The average Bonchev–Trinajstić information content (AvgIpc) is 2.37. The van der Waals surface area contributed by atoms with E-state index in [2.05, 4.69) is 44.1 Å². The molecule has 100 valence electrons. The zero-order chi connectivity index (χ0) is 13.4. The SMILES string of the molecule is CCC1(C)CC(O)C(C)C(C)(c2cccnc2)N1. The van der Waals surface area contributed by atoms with Crippen LogP contribution in [0, 0.1) is 5.92 Å². The van der Waals surface area contributed by atoms with Gasteiger partial charge < -0.3 is 10.4 Å². The van der Waals surface area contributed by atoms with Crippen LogP contribution in [-0.4, -0.2) is 21.7 Å². The molecule has 1 aliphatic rings. The minimum Gasteiger partial charge on any atom is -0.393 e. The Bertz CT molecular complexity index is 408. The minimum atomic E-state index is -0.276. The summed E-state index contributed by atoms with van der Waals surface area (Å²) in [6.07, 6.45) is 5.22. The van der Waals surface area contributed by atoms with E-state index in [9.17, 15) is 5.11 Å². The fourth-order valence-corrected chi connectivity index (χ4v) is 3.05. The highest BCUT2D eigenvalue weighted by Crippen LogP contribution is 2.41. The molecule has 0 amide bonds. The summed E-state index contributed by atoms with van der Waals surface area (Å²) in [6.45, 7) is 8.64. The molecule has 0 radical (unpaired) electrons. The van der Waals surface area contributed by atoms with Crippen molar-refractivity contribution in [1.29, 1.82) is 0 Å². The first-order valence-electron chi connectivity index (χ1n) is 6.79. The zero-order valence-corrected chi connectivity index (χ0v) is 11.8. The summed E-state index contributed by atoms with van der Waals surface area (Å²) < 4.78 is 0. The molecular weight excluding hydrogens is 224 g/mol. The molecule has 3 nitrogen and oxygen atoms in total. The summed E-state index contributed by atoms with van der Waals surface area (Å²) in [5.41, 5.74) is 0.906. The molecule has 1 saturated heterocycles. The maximum Gasteiger partial charge on any atom is 0.0604 e. The number of hydrogen-bond acceptors (Lipinski definition) is 3. The Morgan fingerprint density at radius 2 is 2.22 bits per heavy atom. The Kier molecular flexibility index (Phi) is 3.47. The summed E-state index contributed by atoms with van der Waals surface area (Å²) >= 11 is 0. The third-order valence-electron chi connectivity index (χ3n) is 4.75. The first-order chi connectivity index (χ1) is 8.41. The van der Waals surface area contributed by atoms with Crippen LogP contribution < -0.4 is 5.32 Å². The van der Waals surface area contributed by atoms with Crippen molar-refractivity contribution in [3.63, 3.8) is 0 Å². The number of piperidine rings is 1. The lowest BCUT2D eigenvalue weighted by molar-refractivity contribution is -0.0290. The number of aromatic nitrogens is 1. The maximum absolute atomic E-state index is 10.4. The van der Waals surface area contributed by atoms with Crippen molar-refractivity contribution in [1.82, 2.24) is 10.3 Å². The van der Waals surface area contributed by atoms with Crippen LogP contribution in [0.25, 0.3) is 0 Å². The predicted molar refractivity (Wildman–Crippen MR) is 73.2 cm³/mol.